The predicted molar refractivity (Wildman–Crippen MR) is 159 cm³/mol. The molecule has 1 aliphatic carbocycles. The highest BCUT2D eigenvalue weighted by Gasteiger charge is 2.38. The highest BCUT2D eigenvalue weighted by atomic mass is 19.4. The molecule has 0 aromatic heterocycles. The fourth-order valence-electron chi connectivity index (χ4n) is 6.08. The fraction of sp³-hybridized carbons (Fsp3) is 0.545. The molecular weight excluding hydrogens is 577 g/mol. The van der Waals surface area contributed by atoms with Crippen LogP contribution in [0.1, 0.15) is 93.0 Å². The number of aliphatic carboxylic acids is 1. The van der Waals surface area contributed by atoms with Gasteiger partial charge < -0.3 is 19.5 Å². The number of carboxylic acids is 1. The van der Waals surface area contributed by atoms with E-state index in [4.69, 9.17) is 9.47 Å². The molecule has 1 fully saturated rings. The van der Waals surface area contributed by atoms with Crippen LogP contribution in [0.15, 0.2) is 30.3 Å². The molecule has 0 radical (unpaired) electrons. The molecule has 2 aromatic rings. The third kappa shape index (κ3) is 7.65. The molecule has 1 N–H and O–H groups in total. The number of rotatable bonds is 8. The van der Waals surface area contributed by atoms with Gasteiger partial charge in [-0.25, -0.2) is 4.79 Å². The second-order valence-corrected chi connectivity index (χ2v) is 12.7. The maximum Gasteiger partial charge on any atom is 0.416 e. The first kappa shape index (κ1) is 33.1. The minimum Gasteiger partial charge on any atom is -0.489 e. The number of benzene rings is 2. The maximum atomic E-state index is 14.0. The first-order valence-corrected chi connectivity index (χ1v) is 15.0. The SMILES string of the molecule is Cc1c(OCc2ccc(C3CCCCC3)c(C(F)(F)F)c2)ccc2c1CCN2C(=O)[C@@H](CC(=O)O)N(C)C(=O)OC(C)(C)C. The Morgan fingerprint density at radius 3 is 2.36 bits per heavy atom. The Balaban J connectivity index is 1.52. The summed E-state index contributed by atoms with van der Waals surface area (Å²) in [5, 5.41) is 9.48. The number of alkyl halides is 3. The van der Waals surface area contributed by atoms with Crippen molar-refractivity contribution in [2.24, 2.45) is 0 Å². The molecule has 1 atom stereocenters. The smallest absolute Gasteiger partial charge is 0.416 e. The average Bonchev–Trinajstić information content (AvgIpc) is 3.39. The molecule has 240 valence electrons. The first-order valence-electron chi connectivity index (χ1n) is 15.0. The van der Waals surface area contributed by atoms with Gasteiger partial charge in [-0.15, -0.1) is 0 Å². The van der Waals surface area contributed by atoms with Crippen LogP contribution in [0.3, 0.4) is 0 Å². The van der Waals surface area contributed by atoms with Crippen molar-refractivity contribution in [1.29, 1.82) is 0 Å². The van der Waals surface area contributed by atoms with Crippen LogP contribution in [0.25, 0.3) is 0 Å². The number of hydrogen-bond acceptors (Lipinski definition) is 5. The standard InChI is InChI=1S/C33H41F3N2O6/c1-20-23-15-16-38(30(41)27(18-29(39)40)37(5)31(42)44-32(2,3)4)26(23)13-14-28(20)43-19-21-11-12-24(22-9-7-6-8-10-22)25(17-21)33(34,35)36/h11-14,17,22,27H,6-10,15-16,18-19H2,1-5H3,(H,39,40)/t27-/m1/s1. The van der Waals surface area contributed by atoms with Crippen molar-refractivity contribution < 1.29 is 42.1 Å². The van der Waals surface area contributed by atoms with Gasteiger partial charge in [0, 0.05) is 19.3 Å². The molecule has 1 aliphatic heterocycles. The number of amides is 2. The van der Waals surface area contributed by atoms with Crippen LogP contribution in [-0.2, 0) is 33.5 Å². The van der Waals surface area contributed by atoms with Crippen LogP contribution in [0, 0.1) is 6.92 Å². The van der Waals surface area contributed by atoms with E-state index < -0.39 is 47.8 Å². The van der Waals surface area contributed by atoms with Gasteiger partial charge in [-0.05, 0) is 93.3 Å². The van der Waals surface area contributed by atoms with Gasteiger partial charge in [0.2, 0.25) is 0 Å². The second kappa shape index (κ2) is 13.1. The van der Waals surface area contributed by atoms with Gasteiger partial charge in [0.1, 0.15) is 24.0 Å². The molecule has 2 amide bonds. The third-order valence-electron chi connectivity index (χ3n) is 8.33. The van der Waals surface area contributed by atoms with E-state index in [1.54, 1.807) is 45.0 Å². The summed E-state index contributed by atoms with van der Waals surface area (Å²) in [5.41, 5.74) is 1.47. The Kier molecular flexibility index (Phi) is 9.85. The minimum absolute atomic E-state index is 0.0579. The fourth-order valence-corrected chi connectivity index (χ4v) is 6.08. The lowest BCUT2D eigenvalue weighted by Crippen LogP contribution is -2.51. The summed E-state index contributed by atoms with van der Waals surface area (Å²) in [4.78, 5) is 40.4. The number of nitrogens with zero attached hydrogens (tertiary/aromatic N) is 2. The summed E-state index contributed by atoms with van der Waals surface area (Å²) < 4.78 is 53.4. The quantitative estimate of drug-likeness (QED) is 0.335. The molecule has 0 spiro atoms. The van der Waals surface area contributed by atoms with Crippen LogP contribution in [0.4, 0.5) is 23.7 Å². The zero-order chi connectivity index (χ0) is 32.4. The van der Waals surface area contributed by atoms with Crippen LogP contribution in [0.2, 0.25) is 0 Å². The number of carbonyl (C=O) groups is 3. The van der Waals surface area contributed by atoms with Crippen LogP contribution < -0.4 is 9.64 Å². The van der Waals surface area contributed by atoms with Crippen LogP contribution in [-0.4, -0.2) is 53.2 Å². The van der Waals surface area contributed by atoms with E-state index in [2.05, 4.69) is 0 Å². The van der Waals surface area contributed by atoms with Gasteiger partial charge in [-0.3, -0.25) is 14.5 Å². The lowest BCUT2D eigenvalue weighted by Gasteiger charge is -2.31. The molecule has 2 aromatic carbocycles. The molecular formula is C33H41F3N2O6. The van der Waals surface area contributed by atoms with Gasteiger partial charge in [0.05, 0.1) is 12.0 Å². The monoisotopic (exact) mass is 618 g/mol. The largest absolute Gasteiger partial charge is 0.489 e. The van der Waals surface area contributed by atoms with E-state index in [9.17, 15) is 32.7 Å². The number of carboxylic acid groups (broad SMARTS) is 1. The summed E-state index contributed by atoms with van der Waals surface area (Å²) >= 11 is 0. The molecule has 0 saturated heterocycles. The normalized spacial score (nSPS) is 16.3. The number of fused-ring (bicyclic) bond motifs is 1. The van der Waals surface area contributed by atoms with Crippen molar-refractivity contribution in [3.8, 4) is 5.75 Å². The van der Waals surface area contributed by atoms with E-state index in [0.29, 0.717) is 29.0 Å². The molecule has 1 heterocycles. The maximum absolute atomic E-state index is 14.0. The van der Waals surface area contributed by atoms with Gasteiger partial charge in [0.15, 0.2) is 0 Å². The van der Waals surface area contributed by atoms with Crippen molar-refractivity contribution in [2.75, 3.05) is 18.5 Å². The summed E-state index contributed by atoms with van der Waals surface area (Å²) in [5.74, 6) is -1.39. The Labute approximate surface area is 256 Å². The zero-order valence-corrected chi connectivity index (χ0v) is 25.9. The molecule has 0 bridgehead atoms. The summed E-state index contributed by atoms with van der Waals surface area (Å²) in [6.07, 6.45) is -0.934. The van der Waals surface area contributed by atoms with E-state index in [1.807, 2.05) is 6.92 Å². The van der Waals surface area contributed by atoms with Crippen molar-refractivity contribution in [3.63, 3.8) is 0 Å². The Hall–Kier alpha value is -3.76. The second-order valence-electron chi connectivity index (χ2n) is 12.7. The van der Waals surface area contributed by atoms with Crippen molar-refractivity contribution in [2.45, 2.75) is 103 Å². The number of likely N-dealkylation sites (N-methyl/N-ethyl adjacent to an activating group) is 1. The summed E-state index contributed by atoms with van der Waals surface area (Å²) in [6.45, 7) is 7.05. The average molecular weight is 619 g/mol. The van der Waals surface area contributed by atoms with Gasteiger partial charge in [0.25, 0.3) is 5.91 Å². The van der Waals surface area contributed by atoms with Gasteiger partial charge >= 0.3 is 18.2 Å². The molecule has 2 aliphatic rings. The number of anilines is 1. The lowest BCUT2D eigenvalue weighted by molar-refractivity contribution is -0.141. The van der Waals surface area contributed by atoms with E-state index >= 15 is 0 Å². The third-order valence-corrected chi connectivity index (χ3v) is 8.33. The first-order chi connectivity index (χ1) is 20.6. The van der Waals surface area contributed by atoms with Crippen molar-refractivity contribution in [3.05, 3.63) is 58.1 Å². The predicted octanol–water partition coefficient (Wildman–Crippen LogP) is 7.24. The topological polar surface area (TPSA) is 96.4 Å². The number of carbonyl (C=O) groups excluding carboxylic acids is 2. The molecule has 44 heavy (non-hydrogen) atoms. The zero-order valence-electron chi connectivity index (χ0n) is 25.9. The number of ether oxygens (including phenoxy) is 2. The summed E-state index contributed by atoms with van der Waals surface area (Å²) in [6, 6.07) is 6.54. The molecule has 11 heteroatoms. The van der Waals surface area contributed by atoms with Gasteiger partial charge in [-0.2, -0.15) is 13.2 Å². The molecule has 0 unspecified atom stereocenters. The Morgan fingerprint density at radius 2 is 1.75 bits per heavy atom. The summed E-state index contributed by atoms with van der Waals surface area (Å²) in [7, 11) is 1.34. The van der Waals surface area contributed by atoms with E-state index in [-0.39, 0.29) is 19.1 Å². The molecule has 4 rings (SSSR count). The highest BCUT2D eigenvalue weighted by molar-refractivity contribution is 6.02. The van der Waals surface area contributed by atoms with Crippen molar-refractivity contribution in [1.82, 2.24) is 4.90 Å². The van der Waals surface area contributed by atoms with Crippen molar-refractivity contribution >= 4 is 23.7 Å². The minimum atomic E-state index is -4.46. The molecule has 1 saturated carbocycles. The van der Waals surface area contributed by atoms with E-state index in [1.165, 1.54) is 18.0 Å². The number of halogens is 3. The highest BCUT2D eigenvalue weighted by Crippen LogP contribution is 2.42. The van der Waals surface area contributed by atoms with Crippen LogP contribution >= 0.6 is 0 Å². The van der Waals surface area contributed by atoms with Crippen LogP contribution in [0.5, 0.6) is 5.75 Å². The lowest BCUT2D eigenvalue weighted by atomic mass is 9.81. The molecule has 8 nitrogen and oxygen atoms in total. The van der Waals surface area contributed by atoms with E-state index in [0.717, 1.165) is 48.1 Å². The number of hydrogen-bond donors (Lipinski definition) is 1. The Bertz CT molecular complexity index is 1400. The Morgan fingerprint density at radius 1 is 1.07 bits per heavy atom. The van der Waals surface area contributed by atoms with Gasteiger partial charge in [-0.1, -0.05) is 31.4 Å².